The molecule has 1 aliphatic heterocycles. The first-order valence-electron chi connectivity index (χ1n) is 11.7. The maximum atomic E-state index is 14.9. The van der Waals surface area contributed by atoms with Crippen molar-refractivity contribution >= 4 is 22.5 Å². The van der Waals surface area contributed by atoms with E-state index in [0.717, 1.165) is 31.9 Å². The Morgan fingerprint density at radius 1 is 1.03 bits per heavy atom. The number of benzene rings is 1. The number of alkyl halides is 1. The number of anilines is 2. The van der Waals surface area contributed by atoms with Gasteiger partial charge in [-0.15, -0.1) is 0 Å². The molecule has 2 aromatic heterocycles. The quantitative estimate of drug-likeness (QED) is 0.526. The molecule has 3 heterocycles. The van der Waals surface area contributed by atoms with Crippen LogP contribution in [-0.2, 0) is 0 Å². The maximum Gasteiger partial charge on any atom is 0.239 e. The van der Waals surface area contributed by atoms with Gasteiger partial charge in [-0.25, -0.2) is 18.7 Å². The minimum absolute atomic E-state index is 0.0490. The van der Waals surface area contributed by atoms with Crippen molar-refractivity contribution in [2.24, 2.45) is 0 Å². The van der Waals surface area contributed by atoms with Gasteiger partial charge in [0.25, 0.3) is 0 Å². The van der Waals surface area contributed by atoms with E-state index in [1.807, 2.05) is 13.0 Å². The number of pyridine rings is 1. The Morgan fingerprint density at radius 2 is 1.74 bits per heavy atom. The Bertz CT molecular complexity index is 1150. The highest BCUT2D eigenvalue weighted by molar-refractivity contribution is 5.90. The second-order valence-electron chi connectivity index (χ2n) is 8.96. The van der Waals surface area contributed by atoms with Crippen molar-refractivity contribution < 1.29 is 13.5 Å². The highest BCUT2D eigenvalue weighted by Gasteiger charge is 2.24. The first kappa shape index (κ1) is 24.1. The van der Waals surface area contributed by atoms with E-state index >= 15 is 0 Å². The molecule has 0 bridgehead atoms. The van der Waals surface area contributed by atoms with E-state index in [4.69, 9.17) is 4.74 Å². The zero-order valence-electron chi connectivity index (χ0n) is 20.3. The standard InChI is InChI=1S/C25H32F2N6O/c1-15(2)32-9-11-33(12-10-32)21-13-20-23(28-14-29-24(20)31-25(21)34-5)30-17(4)19-8-6-7-18(16(3)26)22(19)27/h6-8,13-17H,9-12H2,1-5H3,(H,28,29,30,31)/t16?,17-/m1/s1. The number of halogens is 2. The van der Waals surface area contributed by atoms with E-state index in [2.05, 4.69) is 43.9 Å². The molecule has 9 heteroatoms. The number of aromatic nitrogens is 3. The van der Waals surface area contributed by atoms with Crippen LogP contribution in [-0.4, -0.2) is 59.2 Å². The number of rotatable bonds is 7. The molecule has 1 aliphatic rings. The topological polar surface area (TPSA) is 66.4 Å². The molecule has 1 unspecified atom stereocenters. The average molecular weight is 471 g/mol. The normalized spacial score (nSPS) is 16.6. The van der Waals surface area contributed by atoms with Crippen LogP contribution in [0.2, 0.25) is 0 Å². The molecule has 0 amide bonds. The largest absolute Gasteiger partial charge is 0.479 e. The predicted molar refractivity (Wildman–Crippen MR) is 131 cm³/mol. The predicted octanol–water partition coefficient (Wildman–Crippen LogP) is 4.91. The van der Waals surface area contributed by atoms with Gasteiger partial charge in [-0.3, -0.25) is 4.90 Å². The van der Waals surface area contributed by atoms with Crippen LogP contribution in [0, 0.1) is 5.82 Å². The number of fused-ring (bicyclic) bond motifs is 1. The lowest BCUT2D eigenvalue weighted by Gasteiger charge is -2.38. The summed E-state index contributed by atoms with van der Waals surface area (Å²) in [6.07, 6.45) is 0.0313. The second kappa shape index (κ2) is 10.0. The molecular formula is C25H32F2N6O. The first-order valence-corrected chi connectivity index (χ1v) is 11.7. The molecule has 34 heavy (non-hydrogen) atoms. The number of ether oxygens (including phenoxy) is 1. The lowest BCUT2D eigenvalue weighted by atomic mass is 10.0. The second-order valence-corrected chi connectivity index (χ2v) is 8.96. The Balaban J connectivity index is 1.67. The fourth-order valence-corrected chi connectivity index (χ4v) is 4.42. The van der Waals surface area contributed by atoms with E-state index < -0.39 is 18.0 Å². The van der Waals surface area contributed by atoms with Crippen LogP contribution in [0.5, 0.6) is 5.88 Å². The first-order chi connectivity index (χ1) is 16.3. The summed E-state index contributed by atoms with van der Waals surface area (Å²) < 4.78 is 34.3. The van der Waals surface area contributed by atoms with Gasteiger partial charge in [-0.2, -0.15) is 4.98 Å². The van der Waals surface area contributed by atoms with Crippen molar-refractivity contribution in [2.75, 3.05) is 43.5 Å². The zero-order chi connectivity index (χ0) is 24.4. The van der Waals surface area contributed by atoms with E-state index in [9.17, 15) is 8.78 Å². The van der Waals surface area contributed by atoms with Gasteiger partial charge in [0.2, 0.25) is 5.88 Å². The van der Waals surface area contributed by atoms with Crippen molar-refractivity contribution in [2.45, 2.75) is 46.0 Å². The van der Waals surface area contributed by atoms with Gasteiger partial charge in [-0.1, -0.05) is 18.2 Å². The molecule has 182 valence electrons. The number of nitrogens with one attached hydrogen (secondary N) is 1. The summed E-state index contributed by atoms with van der Waals surface area (Å²) in [5.41, 5.74) is 1.79. The highest BCUT2D eigenvalue weighted by Crippen LogP contribution is 2.34. The number of nitrogens with zero attached hydrogens (tertiary/aromatic N) is 5. The number of piperazine rings is 1. The van der Waals surface area contributed by atoms with Gasteiger partial charge in [0.1, 0.15) is 29.8 Å². The fourth-order valence-electron chi connectivity index (χ4n) is 4.42. The number of hydrogen-bond donors (Lipinski definition) is 1. The summed E-state index contributed by atoms with van der Waals surface area (Å²) >= 11 is 0. The van der Waals surface area contributed by atoms with Crippen molar-refractivity contribution in [1.82, 2.24) is 19.9 Å². The monoisotopic (exact) mass is 470 g/mol. The van der Waals surface area contributed by atoms with Gasteiger partial charge in [0.15, 0.2) is 5.65 Å². The van der Waals surface area contributed by atoms with Crippen LogP contribution in [0.15, 0.2) is 30.6 Å². The summed E-state index contributed by atoms with van der Waals surface area (Å²) in [5, 5.41) is 3.99. The van der Waals surface area contributed by atoms with Gasteiger partial charge < -0.3 is 15.0 Å². The molecule has 0 radical (unpaired) electrons. The zero-order valence-corrected chi connectivity index (χ0v) is 20.3. The lowest BCUT2D eigenvalue weighted by molar-refractivity contribution is 0.209. The van der Waals surface area contributed by atoms with Crippen LogP contribution >= 0.6 is 0 Å². The van der Waals surface area contributed by atoms with Crippen LogP contribution in [0.3, 0.4) is 0 Å². The van der Waals surface area contributed by atoms with E-state index in [0.29, 0.717) is 34.3 Å². The van der Waals surface area contributed by atoms with Gasteiger partial charge in [0, 0.05) is 43.3 Å². The van der Waals surface area contributed by atoms with Crippen molar-refractivity contribution in [3.05, 3.63) is 47.5 Å². The summed E-state index contributed by atoms with van der Waals surface area (Å²) in [6.45, 7) is 11.2. The minimum atomic E-state index is -1.39. The molecule has 0 saturated carbocycles. The fraction of sp³-hybridized carbons (Fsp3) is 0.480. The van der Waals surface area contributed by atoms with E-state index in [-0.39, 0.29) is 5.56 Å². The molecule has 4 rings (SSSR count). The number of hydrogen-bond acceptors (Lipinski definition) is 7. The van der Waals surface area contributed by atoms with E-state index in [1.54, 1.807) is 19.2 Å². The van der Waals surface area contributed by atoms with Gasteiger partial charge in [0.05, 0.1) is 18.5 Å². The molecule has 7 nitrogen and oxygen atoms in total. The van der Waals surface area contributed by atoms with E-state index in [1.165, 1.54) is 19.3 Å². The Morgan fingerprint density at radius 3 is 2.38 bits per heavy atom. The minimum Gasteiger partial charge on any atom is -0.479 e. The van der Waals surface area contributed by atoms with Crippen LogP contribution in [0.1, 0.15) is 51.0 Å². The smallest absolute Gasteiger partial charge is 0.239 e. The average Bonchev–Trinajstić information content (AvgIpc) is 2.83. The molecule has 1 saturated heterocycles. The van der Waals surface area contributed by atoms with Crippen molar-refractivity contribution in [3.8, 4) is 5.88 Å². The molecular weight excluding hydrogens is 438 g/mol. The summed E-state index contributed by atoms with van der Waals surface area (Å²) in [6, 6.07) is 6.83. The summed E-state index contributed by atoms with van der Waals surface area (Å²) in [5.74, 6) is 0.506. The molecule has 1 N–H and O–H groups in total. The Kier molecular flexibility index (Phi) is 7.11. The molecule has 1 fully saturated rings. The van der Waals surface area contributed by atoms with Gasteiger partial charge in [-0.05, 0) is 33.8 Å². The van der Waals surface area contributed by atoms with Crippen LogP contribution < -0.4 is 15.0 Å². The highest BCUT2D eigenvalue weighted by atomic mass is 19.1. The SMILES string of the molecule is COc1nc2ncnc(N[C@H](C)c3cccc(C(C)F)c3F)c2cc1N1CCN(C(C)C)CC1. The molecule has 1 aromatic carbocycles. The third kappa shape index (κ3) is 4.75. The number of methoxy groups -OCH3 is 1. The summed E-state index contributed by atoms with van der Waals surface area (Å²) in [7, 11) is 1.60. The van der Waals surface area contributed by atoms with Gasteiger partial charge >= 0.3 is 0 Å². The lowest BCUT2D eigenvalue weighted by Crippen LogP contribution is -2.49. The van der Waals surface area contributed by atoms with Crippen molar-refractivity contribution in [3.63, 3.8) is 0 Å². The third-order valence-corrected chi connectivity index (χ3v) is 6.46. The third-order valence-electron chi connectivity index (χ3n) is 6.46. The Hall–Kier alpha value is -3.07. The molecule has 0 aliphatic carbocycles. The molecule has 2 atom stereocenters. The maximum absolute atomic E-state index is 14.9. The van der Waals surface area contributed by atoms with Crippen molar-refractivity contribution in [1.29, 1.82) is 0 Å². The van der Waals surface area contributed by atoms with Crippen LogP contribution in [0.4, 0.5) is 20.3 Å². The molecule has 0 spiro atoms. The Labute approximate surface area is 199 Å². The molecule has 3 aromatic rings. The summed E-state index contributed by atoms with van der Waals surface area (Å²) in [4.78, 5) is 18.1. The van der Waals surface area contributed by atoms with Crippen LogP contribution in [0.25, 0.3) is 11.0 Å².